The predicted octanol–water partition coefficient (Wildman–Crippen LogP) is 3.49. The summed E-state index contributed by atoms with van der Waals surface area (Å²) in [7, 11) is 0. The number of carbonyl (C=O) groups is 2. The summed E-state index contributed by atoms with van der Waals surface area (Å²) in [6.45, 7) is -1.000. The van der Waals surface area contributed by atoms with E-state index in [0.29, 0.717) is 22.6 Å². The molecule has 0 fully saturated rings. The van der Waals surface area contributed by atoms with Crippen molar-refractivity contribution in [1.29, 1.82) is 0 Å². The van der Waals surface area contributed by atoms with Gasteiger partial charge in [0.25, 0.3) is 0 Å². The largest absolute Gasteiger partial charge is 0.490 e. The molecule has 8 heteroatoms. The number of hydrogen-bond acceptors (Lipinski definition) is 8. The number of benzene rings is 4. The molecule has 4 aromatic rings. The van der Waals surface area contributed by atoms with E-state index in [2.05, 4.69) is 0 Å². The molecule has 0 spiro atoms. The Morgan fingerprint density at radius 2 is 1.02 bits per heavy atom. The van der Waals surface area contributed by atoms with E-state index in [1.807, 2.05) is 72.5 Å². The third kappa shape index (κ3) is 6.69. The molecule has 4 aromatic carbocycles. The van der Waals surface area contributed by atoms with Crippen molar-refractivity contribution in [2.24, 2.45) is 0 Å². The Morgan fingerprint density at radius 3 is 1.43 bits per heavy atom. The van der Waals surface area contributed by atoms with Crippen LogP contribution < -0.4 is 9.47 Å². The summed E-state index contributed by atoms with van der Waals surface area (Å²) in [6, 6.07) is 22.8. The van der Waals surface area contributed by atoms with Crippen LogP contribution in [0.3, 0.4) is 0 Å². The highest BCUT2D eigenvalue weighted by Gasteiger charge is 2.21. The van der Waals surface area contributed by atoms with Gasteiger partial charge in [-0.25, -0.2) is 9.59 Å². The van der Waals surface area contributed by atoms with Gasteiger partial charge in [0.05, 0.1) is 0 Å². The number of aliphatic hydroxyl groups excluding tert-OH is 2. The number of fused-ring (bicyclic) bond motifs is 2. The Labute approximate surface area is 231 Å². The zero-order valence-electron chi connectivity index (χ0n) is 21.4. The molecule has 0 aliphatic rings. The molecule has 2 N–H and O–H groups in total. The molecule has 2 atom stereocenters. The van der Waals surface area contributed by atoms with Crippen LogP contribution in [0.5, 0.6) is 11.5 Å². The van der Waals surface area contributed by atoms with Crippen molar-refractivity contribution in [2.45, 2.75) is 12.2 Å². The van der Waals surface area contributed by atoms with E-state index in [1.165, 1.54) is 0 Å². The molecule has 0 aliphatic heterocycles. The normalized spacial score (nSPS) is 12.1. The lowest BCUT2D eigenvalue weighted by molar-refractivity contribution is -0.140. The lowest BCUT2D eigenvalue weighted by Gasteiger charge is -2.21. The number of ether oxygens (including phenoxy) is 4. The lowest BCUT2D eigenvalue weighted by Crippen LogP contribution is -2.25. The predicted molar refractivity (Wildman–Crippen MR) is 149 cm³/mol. The SMILES string of the molecule is C#CC(=O)OCC(O)COc1ccc2ccccc2c1-c1c(OCC(O)COC(=O)C#C)ccc2ccccc12. The van der Waals surface area contributed by atoms with E-state index < -0.39 is 24.1 Å². The van der Waals surface area contributed by atoms with Crippen molar-refractivity contribution in [2.75, 3.05) is 26.4 Å². The van der Waals surface area contributed by atoms with Gasteiger partial charge in [0.15, 0.2) is 0 Å². The fourth-order valence-electron chi connectivity index (χ4n) is 4.15. The Balaban J connectivity index is 1.74. The first-order valence-electron chi connectivity index (χ1n) is 12.3. The highest BCUT2D eigenvalue weighted by Crippen LogP contribution is 2.45. The van der Waals surface area contributed by atoms with Crippen molar-refractivity contribution < 1.29 is 38.7 Å². The molecule has 2 unspecified atom stereocenters. The maximum absolute atomic E-state index is 11.3. The van der Waals surface area contributed by atoms with Gasteiger partial charge in [-0.05, 0) is 33.7 Å². The molecule has 0 radical (unpaired) electrons. The molecule has 0 aromatic heterocycles. The van der Waals surface area contributed by atoms with Crippen molar-refractivity contribution >= 4 is 33.5 Å². The molecule has 0 aliphatic carbocycles. The Bertz CT molecular complexity index is 1490. The lowest BCUT2D eigenvalue weighted by atomic mass is 9.92. The van der Waals surface area contributed by atoms with Gasteiger partial charge >= 0.3 is 11.9 Å². The summed E-state index contributed by atoms with van der Waals surface area (Å²) in [5, 5.41) is 24.3. The van der Waals surface area contributed by atoms with Crippen LogP contribution in [0.25, 0.3) is 32.7 Å². The second-order valence-corrected chi connectivity index (χ2v) is 8.73. The van der Waals surface area contributed by atoms with Gasteiger partial charge in [-0.1, -0.05) is 60.7 Å². The zero-order valence-corrected chi connectivity index (χ0v) is 21.4. The summed E-state index contributed by atoms with van der Waals surface area (Å²) < 4.78 is 21.7. The molecule has 0 saturated carbocycles. The number of aliphatic hydroxyl groups is 2. The van der Waals surface area contributed by atoms with Crippen LogP contribution in [0.4, 0.5) is 0 Å². The first-order chi connectivity index (χ1) is 19.4. The first-order valence-corrected chi connectivity index (χ1v) is 12.3. The highest BCUT2D eigenvalue weighted by atomic mass is 16.6. The fraction of sp³-hybridized carbons (Fsp3) is 0.188. The minimum Gasteiger partial charge on any atom is -0.490 e. The summed E-state index contributed by atoms with van der Waals surface area (Å²) in [4.78, 5) is 22.5. The smallest absolute Gasteiger partial charge is 0.384 e. The molecule has 8 nitrogen and oxygen atoms in total. The number of terminal acetylenes is 2. The van der Waals surface area contributed by atoms with Crippen molar-refractivity contribution in [3.8, 4) is 47.3 Å². The van der Waals surface area contributed by atoms with Crippen LogP contribution in [-0.2, 0) is 19.1 Å². The molecule has 202 valence electrons. The van der Waals surface area contributed by atoms with Gasteiger partial charge in [-0.2, -0.15) is 0 Å². The molecular formula is C32H26O8. The summed E-state index contributed by atoms with van der Waals surface area (Å²) >= 11 is 0. The van der Waals surface area contributed by atoms with Crippen LogP contribution in [0.15, 0.2) is 72.8 Å². The average Bonchev–Trinajstić information content (AvgIpc) is 2.99. The van der Waals surface area contributed by atoms with E-state index in [0.717, 1.165) is 21.5 Å². The van der Waals surface area contributed by atoms with Gasteiger partial charge < -0.3 is 29.2 Å². The van der Waals surface area contributed by atoms with Crippen molar-refractivity contribution in [3.05, 3.63) is 72.8 Å². The van der Waals surface area contributed by atoms with E-state index >= 15 is 0 Å². The Morgan fingerprint density at radius 1 is 0.625 bits per heavy atom. The van der Waals surface area contributed by atoms with Gasteiger partial charge in [0.2, 0.25) is 0 Å². The highest BCUT2D eigenvalue weighted by molar-refractivity contribution is 6.09. The number of esters is 2. The molecule has 40 heavy (non-hydrogen) atoms. The quantitative estimate of drug-likeness (QED) is 0.170. The van der Waals surface area contributed by atoms with E-state index in [9.17, 15) is 19.8 Å². The van der Waals surface area contributed by atoms with Crippen molar-refractivity contribution in [1.82, 2.24) is 0 Å². The van der Waals surface area contributed by atoms with Crippen LogP contribution in [0.1, 0.15) is 0 Å². The van der Waals surface area contributed by atoms with Crippen molar-refractivity contribution in [3.63, 3.8) is 0 Å². The molecule has 0 bridgehead atoms. The minimum atomic E-state index is -1.12. The minimum absolute atomic E-state index is 0.177. The maximum atomic E-state index is 11.3. The second-order valence-electron chi connectivity index (χ2n) is 8.73. The average molecular weight is 539 g/mol. The summed E-state index contributed by atoms with van der Waals surface area (Å²) in [5.74, 6) is 2.80. The Kier molecular flexibility index (Phi) is 9.22. The third-order valence-electron chi connectivity index (χ3n) is 5.94. The van der Waals surface area contributed by atoms with Crippen LogP contribution in [-0.4, -0.2) is 60.8 Å². The van der Waals surface area contributed by atoms with Gasteiger partial charge in [0, 0.05) is 23.0 Å². The summed E-state index contributed by atoms with van der Waals surface area (Å²) in [6.07, 6.45) is 7.76. The maximum Gasteiger partial charge on any atom is 0.384 e. The number of hydrogen-bond donors (Lipinski definition) is 2. The zero-order chi connectivity index (χ0) is 28.5. The van der Waals surface area contributed by atoms with Gasteiger partial charge in [-0.15, -0.1) is 12.8 Å². The molecule has 0 heterocycles. The standard InChI is InChI=1S/C32H26O8/c1-3-29(35)39-19-23(33)17-37-27-15-13-21-9-5-7-11-25(21)31(27)32-26-12-8-6-10-22(26)14-16-28(32)38-18-24(34)20-40-30(36)4-2/h1-2,5-16,23-24,33-34H,17-20H2. The van der Waals surface area contributed by atoms with Crippen LogP contribution in [0, 0.1) is 24.7 Å². The number of carbonyl (C=O) groups excluding carboxylic acids is 2. The van der Waals surface area contributed by atoms with Gasteiger partial charge in [0.1, 0.15) is 50.1 Å². The van der Waals surface area contributed by atoms with E-state index in [-0.39, 0.29) is 26.4 Å². The Hall–Kier alpha value is -5.02. The second kappa shape index (κ2) is 13.2. The topological polar surface area (TPSA) is 112 Å². The molecule has 0 amide bonds. The molecular weight excluding hydrogens is 512 g/mol. The monoisotopic (exact) mass is 538 g/mol. The first kappa shape index (κ1) is 28.0. The fourth-order valence-corrected chi connectivity index (χ4v) is 4.15. The summed E-state index contributed by atoms with van der Waals surface area (Å²) in [5.41, 5.74) is 1.40. The van der Waals surface area contributed by atoms with E-state index in [4.69, 9.17) is 31.8 Å². The van der Waals surface area contributed by atoms with Crippen LogP contribution in [0.2, 0.25) is 0 Å². The van der Waals surface area contributed by atoms with Crippen LogP contribution >= 0.6 is 0 Å². The molecule has 0 saturated heterocycles. The third-order valence-corrected chi connectivity index (χ3v) is 5.94. The van der Waals surface area contributed by atoms with E-state index in [1.54, 1.807) is 12.1 Å². The molecule has 4 rings (SSSR count). The van der Waals surface area contributed by atoms with Gasteiger partial charge in [-0.3, -0.25) is 0 Å². The number of rotatable bonds is 11.